The van der Waals surface area contributed by atoms with Gasteiger partial charge in [0.15, 0.2) is 11.5 Å². The maximum Gasteiger partial charge on any atom is 0.165 e. The van der Waals surface area contributed by atoms with Gasteiger partial charge in [-0.25, -0.2) is 0 Å². The number of hydrogen-bond donors (Lipinski definition) is 1. The largest absolute Gasteiger partial charge is 0.493 e. The van der Waals surface area contributed by atoms with Gasteiger partial charge in [-0.2, -0.15) is 0 Å². The lowest BCUT2D eigenvalue weighted by Gasteiger charge is -2.73. The molecule has 2 aliphatic heterocycles. The number of nitrogens with one attached hydrogen (secondary N) is 1. The molecule has 3 saturated carbocycles. The van der Waals surface area contributed by atoms with E-state index >= 15 is 0 Å². The van der Waals surface area contributed by atoms with Gasteiger partial charge in [-0.3, -0.25) is 0 Å². The van der Waals surface area contributed by atoms with Gasteiger partial charge in [0.05, 0.1) is 7.11 Å². The number of fused-ring (bicyclic) bond motifs is 2. The van der Waals surface area contributed by atoms with E-state index in [1.54, 1.807) is 7.11 Å². The van der Waals surface area contributed by atoms with Crippen LogP contribution in [0.5, 0.6) is 11.5 Å². The summed E-state index contributed by atoms with van der Waals surface area (Å²) in [6, 6.07) is 12.9. The molecule has 0 unspecified atom stereocenters. The third-order valence-corrected chi connectivity index (χ3v) is 11.1. The molecule has 37 heavy (non-hydrogen) atoms. The van der Waals surface area contributed by atoms with E-state index in [9.17, 15) is 0 Å². The summed E-state index contributed by atoms with van der Waals surface area (Å²) in [5.74, 6) is 2.27. The lowest BCUT2D eigenvalue weighted by molar-refractivity contribution is -0.274. The molecule has 4 fully saturated rings. The maximum atomic E-state index is 7.06. The highest BCUT2D eigenvalue weighted by Crippen LogP contribution is 2.76. The van der Waals surface area contributed by atoms with Gasteiger partial charge >= 0.3 is 0 Å². The molecule has 0 aromatic heterocycles. The van der Waals surface area contributed by atoms with Gasteiger partial charge in [0, 0.05) is 53.6 Å². The van der Waals surface area contributed by atoms with Crippen molar-refractivity contribution in [1.29, 1.82) is 0 Å². The van der Waals surface area contributed by atoms with Crippen LogP contribution in [0.3, 0.4) is 0 Å². The molecule has 6 aliphatic rings. The van der Waals surface area contributed by atoms with Crippen molar-refractivity contribution in [2.24, 2.45) is 11.3 Å². The molecule has 6 heteroatoms. The van der Waals surface area contributed by atoms with Crippen molar-refractivity contribution in [2.45, 2.75) is 55.3 Å². The number of rotatable bonds is 7. The smallest absolute Gasteiger partial charge is 0.165 e. The van der Waals surface area contributed by atoms with Crippen LogP contribution < -0.4 is 14.8 Å². The van der Waals surface area contributed by atoms with E-state index in [2.05, 4.69) is 41.5 Å². The number of piperidine rings is 1. The summed E-state index contributed by atoms with van der Waals surface area (Å²) in [5, 5.41) is 4.52. The predicted octanol–water partition coefficient (Wildman–Crippen LogP) is 5.10. The summed E-state index contributed by atoms with van der Waals surface area (Å²) in [7, 11) is 6.03. The quantitative estimate of drug-likeness (QED) is 0.515. The van der Waals surface area contributed by atoms with Gasteiger partial charge in [0.25, 0.3) is 0 Å². The van der Waals surface area contributed by atoms with Crippen LogP contribution in [0.1, 0.15) is 42.4 Å². The standard InChI is InChI=1S/C31H37ClN2O3/c1-34-16-14-30-26-21-8-11-24(35-2)27(26)37-28(30)31(36-3)13-12-29(30,25(34)17-21)18-22(31)19-33-15-4-5-20-6-9-23(32)10-7-20/h4-11,22,25,28,33H,12-19H2,1-3H3/b5-4+/t22-,25-,28-,29-,30+,31+/m1/s1. The third-order valence-electron chi connectivity index (χ3n) is 10.8. The Labute approximate surface area is 225 Å². The predicted molar refractivity (Wildman–Crippen MR) is 147 cm³/mol. The highest BCUT2D eigenvalue weighted by Gasteiger charge is 2.80. The monoisotopic (exact) mass is 520 g/mol. The van der Waals surface area contributed by atoms with Gasteiger partial charge in [0.2, 0.25) is 0 Å². The Morgan fingerprint density at radius 3 is 2.76 bits per heavy atom. The molecule has 2 aromatic carbocycles. The second kappa shape index (κ2) is 8.47. The summed E-state index contributed by atoms with van der Waals surface area (Å²) in [6.07, 6.45) is 10.1. The maximum absolute atomic E-state index is 7.06. The Bertz CT molecular complexity index is 1250. The summed E-state index contributed by atoms with van der Waals surface area (Å²) in [5.41, 5.74) is 4.01. The minimum atomic E-state index is -0.298. The highest BCUT2D eigenvalue weighted by molar-refractivity contribution is 6.30. The van der Waals surface area contributed by atoms with Crippen LogP contribution in [0, 0.1) is 11.3 Å². The molecule has 0 radical (unpaired) electrons. The van der Waals surface area contributed by atoms with E-state index in [0.29, 0.717) is 12.0 Å². The molecule has 4 bridgehead atoms. The van der Waals surface area contributed by atoms with E-state index in [4.69, 9.17) is 25.8 Å². The van der Waals surface area contributed by atoms with E-state index in [-0.39, 0.29) is 22.5 Å². The van der Waals surface area contributed by atoms with E-state index in [1.165, 1.54) is 24.0 Å². The fourth-order valence-corrected chi connectivity index (χ4v) is 9.46. The highest BCUT2D eigenvalue weighted by atomic mass is 35.5. The van der Waals surface area contributed by atoms with Crippen LogP contribution >= 0.6 is 11.6 Å². The molecule has 8 rings (SSSR count). The molecular weight excluding hydrogens is 484 g/mol. The molecule has 196 valence electrons. The molecule has 5 nitrogen and oxygen atoms in total. The zero-order valence-electron chi connectivity index (χ0n) is 22.1. The molecule has 2 spiro atoms. The fourth-order valence-electron chi connectivity index (χ4n) is 9.33. The first-order chi connectivity index (χ1) is 18.0. The molecular formula is C31H37ClN2O3. The van der Waals surface area contributed by atoms with Crippen molar-refractivity contribution in [2.75, 3.05) is 40.9 Å². The fraction of sp³-hybridized carbons (Fsp3) is 0.548. The Morgan fingerprint density at radius 2 is 1.97 bits per heavy atom. The number of likely N-dealkylation sites (N-methyl/N-ethyl adjacent to an activating group) is 1. The van der Waals surface area contributed by atoms with Crippen LogP contribution in [0.25, 0.3) is 6.08 Å². The van der Waals surface area contributed by atoms with Crippen molar-refractivity contribution >= 4 is 17.7 Å². The normalized spacial score (nSPS) is 37.0. The average Bonchev–Trinajstić information content (AvgIpc) is 3.29. The van der Waals surface area contributed by atoms with Crippen LogP contribution in [-0.2, 0) is 16.6 Å². The number of likely N-dealkylation sites (tertiary alicyclic amines) is 1. The van der Waals surface area contributed by atoms with E-state index in [1.807, 2.05) is 31.4 Å². The first-order valence-electron chi connectivity index (χ1n) is 13.7. The Hall–Kier alpha value is -2.05. The molecule has 1 saturated heterocycles. The second-order valence-corrected chi connectivity index (χ2v) is 12.3. The van der Waals surface area contributed by atoms with Crippen molar-refractivity contribution < 1.29 is 14.2 Å². The lowest BCUT2D eigenvalue weighted by atomic mass is 9.35. The summed E-state index contributed by atoms with van der Waals surface area (Å²) in [6.45, 7) is 2.86. The second-order valence-electron chi connectivity index (χ2n) is 11.9. The van der Waals surface area contributed by atoms with Crippen LogP contribution in [0.15, 0.2) is 42.5 Å². The zero-order valence-corrected chi connectivity index (χ0v) is 22.8. The first-order valence-corrected chi connectivity index (χ1v) is 14.1. The first kappa shape index (κ1) is 24.0. The van der Waals surface area contributed by atoms with Crippen molar-refractivity contribution in [3.63, 3.8) is 0 Å². The minimum absolute atomic E-state index is 0.0148. The molecule has 0 amide bonds. The van der Waals surface area contributed by atoms with E-state index < -0.39 is 0 Å². The average molecular weight is 521 g/mol. The molecule has 2 aromatic rings. The van der Waals surface area contributed by atoms with E-state index in [0.717, 1.165) is 61.0 Å². The number of methoxy groups -OCH3 is 2. The molecule has 4 aliphatic carbocycles. The molecule has 6 atom stereocenters. The van der Waals surface area contributed by atoms with Crippen LogP contribution in [0.4, 0.5) is 0 Å². The topological polar surface area (TPSA) is 43.0 Å². The zero-order chi connectivity index (χ0) is 25.4. The summed E-state index contributed by atoms with van der Waals surface area (Å²) >= 11 is 6.03. The Balaban J connectivity index is 1.22. The number of benzene rings is 2. The number of ether oxygens (including phenoxy) is 3. The van der Waals surface area contributed by atoms with Crippen LogP contribution in [-0.4, -0.2) is 63.5 Å². The van der Waals surface area contributed by atoms with Gasteiger partial charge in [-0.05, 0) is 75.0 Å². The van der Waals surface area contributed by atoms with Crippen LogP contribution in [0.2, 0.25) is 5.02 Å². The Kier molecular flexibility index (Phi) is 5.50. The Morgan fingerprint density at radius 1 is 1.14 bits per heavy atom. The van der Waals surface area contributed by atoms with Crippen molar-refractivity contribution in [3.05, 3.63) is 64.2 Å². The number of nitrogens with zero attached hydrogens (tertiary/aromatic N) is 1. The third kappa shape index (κ3) is 3.03. The summed E-state index contributed by atoms with van der Waals surface area (Å²) in [4.78, 5) is 2.65. The van der Waals surface area contributed by atoms with Gasteiger partial charge in [-0.1, -0.05) is 42.0 Å². The lowest BCUT2D eigenvalue weighted by Crippen LogP contribution is -2.81. The van der Waals surface area contributed by atoms with Crippen molar-refractivity contribution in [3.8, 4) is 11.5 Å². The van der Waals surface area contributed by atoms with Gasteiger partial charge in [0.1, 0.15) is 11.7 Å². The molecule has 1 N–H and O–H groups in total. The SMILES string of the molecule is COc1ccc2c3c1O[C@H]1[C@]4(OC)CC[C@@]5(C[C@@H]4CNC/C=C/c4ccc(Cl)cc4)[C@@H](C2)N(C)CC[C@]315. The minimum Gasteiger partial charge on any atom is -0.493 e. The van der Waals surface area contributed by atoms with Gasteiger partial charge < -0.3 is 24.4 Å². The van der Waals surface area contributed by atoms with Crippen molar-refractivity contribution in [1.82, 2.24) is 10.2 Å². The summed E-state index contributed by atoms with van der Waals surface area (Å²) < 4.78 is 19.5. The molecule has 2 heterocycles. The van der Waals surface area contributed by atoms with Gasteiger partial charge in [-0.15, -0.1) is 0 Å². The number of halogens is 1. The number of hydrogen-bond acceptors (Lipinski definition) is 5.